The van der Waals surface area contributed by atoms with Gasteiger partial charge in [0.2, 0.25) is 5.91 Å². The molecule has 102 valence electrons. The Balaban J connectivity index is 2.08. The Bertz CT molecular complexity index is 598. The van der Waals surface area contributed by atoms with E-state index in [9.17, 15) is 9.59 Å². The van der Waals surface area contributed by atoms with Crippen molar-refractivity contribution in [2.45, 2.75) is 6.61 Å². The number of hydrogen-bond acceptors (Lipinski definition) is 4. The summed E-state index contributed by atoms with van der Waals surface area (Å²) < 4.78 is 5.44. The minimum atomic E-state index is -1.07. The number of pyridine rings is 1. The molecule has 0 spiro atoms. The summed E-state index contributed by atoms with van der Waals surface area (Å²) in [7, 11) is 0. The Morgan fingerprint density at radius 2 is 2.00 bits per heavy atom. The predicted molar refractivity (Wildman–Crippen MR) is 70.5 cm³/mol. The van der Waals surface area contributed by atoms with Crippen LogP contribution in [0.4, 0.5) is 0 Å². The highest BCUT2D eigenvalue weighted by Gasteiger charge is 2.06. The highest BCUT2D eigenvalue weighted by Crippen LogP contribution is 2.14. The fourth-order valence-corrected chi connectivity index (χ4v) is 1.60. The zero-order valence-electron chi connectivity index (χ0n) is 10.4. The van der Waals surface area contributed by atoms with E-state index in [1.54, 1.807) is 24.3 Å². The van der Waals surface area contributed by atoms with E-state index in [0.29, 0.717) is 11.3 Å². The number of primary amides is 1. The number of hydrogen-bond donors (Lipinski definition) is 2. The maximum atomic E-state index is 11.1. The van der Waals surface area contributed by atoms with Gasteiger partial charge in [-0.25, -0.2) is 4.79 Å². The number of rotatable bonds is 5. The number of carboxylic acids is 1. The molecule has 2 aromatic rings. The molecule has 6 heteroatoms. The number of carboxylic acid groups (broad SMARTS) is 1. The van der Waals surface area contributed by atoms with Gasteiger partial charge < -0.3 is 15.6 Å². The van der Waals surface area contributed by atoms with Crippen molar-refractivity contribution in [1.29, 1.82) is 0 Å². The molecule has 3 N–H and O–H groups in total. The molecule has 0 radical (unpaired) electrons. The zero-order valence-corrected chi connectivity index (χ0v) is 10.4. The molecule has 20 heavy (non-hydrogen) atoms. The summed E-state index contributed by atoms with van der Waals surface area (Å²) in [6, 6.07) is 8.09. The molecule has 0 saturated carbocycles. The number of nitrogens with two attached hydrogens (primary N) is 1. The lowest BCUT2D eigenvalue weighted by molar-refractivity contribution is 0.0695. The molecule has 1 aromatic carbocycles. The van der Waals surface area contributed by atoms with E-state index in [0.717, 1.165) is 5.56 Å². The van der Waals surface area contributed by atoms with E-state index in [2.05, 4.69) is 4.98 Å². The number of benzene rings is 1. The Labute approximate surface area is 114 Å². The Hall–Kier alpha value is -2.89. The second-order valence-corrected chi connectivity index (χ2v) is 4.07. The summed E-state index contributed by atoms with van der Waals surface area (Å²) in [5.41, 5.74) is 6.38. The minimum absolute atomic E-state index is 0.0494. The molecule has 0 aliphatic rings. The standard InChI is InChI=1S/C14H12N2O4/c15-13(17)10-3-1-2-9(4-10)8-20-12-5-11(14(18)19)6-16-7-12/h1-7H,8H2,(H2,15,17)(H,18,19). The van der Waals surface area contributed by atoms with Crippen LogP contribution in [0.1, 0.15) is 26.3 Å². The van der Waals surface area contributed by atoms with Crippen LogP contribution in [-0.4, -0.2) is 22.0 Å². The van der Waals surface area contributed by atoms with Crippen LogP contribution in [0.3, 0.4) is 0 Å². The molecule has 0 aliphatic heterocycles. The average molecular weight is 272 g/mol. The third kappa shape index (κ3) is 3.32. The van der Waals surface area contributed by atoms with Crippen LogP contribution in [0.5, 0.6) is 5.75 Å². The van der Waals surface area contributed by atoms with Crippen molar-refractivity contribution in [3.05, 3.63) is 59.4 Å². The monoisotopic (exact) mass is 272 g/mol. The largest absolute Gasteiger partial charge is 0.487 e. The van der Waals surface area contributed by atoms with Crippen molar-refractivity contribution in [2.75, 3.05) is 0 Å². The molecule has 0 fully saturated rings. The molecule has 0 saturated heterocycles. The molecule has 1 amide bonds. The number of ether oxygens (including phenoxy) is 1. The van der Waals surface area contributed by atoms with Gasteiger partial charge in [0.15, 0.2) is 0 Å². The summed E-state index contributed by atoms with van der Waals surface area (Å²) in [6.45, 7) is 0.186. The lowest BCUT2D eigenvalue weighted by Crippen LogP contribution is -2.11. The Morgan fingerprint density at radius 1 is 1.20 bits per heavy atom. The van der Waals surface area contributed by atoms with Crippen LogP contribution >= 0.6 is 0 Å². The smallest absolute Gasteiger partial charge is 0.337 e. The van der Waals surface area contributed by atoms with Gasteiger partial charge in [-0.05, 0) is 23.8 Å². The van der Waals surface area contributed by atoms with Crippen molar-refractivity contribution in [2.24, 2.45) is 5.73 Å². The van der Waals surface area contributed by atoms with E-state index in [-0.39, 0.29) is 12.2 Å². The van der Waals surface area contributed by atoms with Gasteiger partial charge in [0, 0.05) is 11.8 Å². The molecule has 1 heterocycles. The minimum Gasteiger partial charge on any atom is -0.487 e. The molecular weight excluding hydrogens is 260 g/mol. The average Bonchev–Trinajstić information content (AvgIpc) is 2.45. The first kappa shape index (κ1) is 13.5. The first-order chi connectivity index (χ1) is 9.56. The van der Waals surface area contributed by atoms with Gasteiger partial charge in [-0.1, -0.05) is 12.1 Å². The highest BCUT2D eigenvalue weighted by atomic mass is 16.5. The Morgan fingerprint density at radius 3 is 2.70 bits per heavy atom. The summed E-state index contributed by atoms with van der Waals surface area (Å²) in [5.74, 6) is -1.24. The van der Waals surface area contributed by atoms with Crippen molar-refractivity contribution in [3.63, 3.8) is 0 Å². The van der Waals surface area contributed by atoms with E-state index in [4.69, 9.17) is 15.6 Å². The topological polar surface area (TPSA) is 103 Å². The Kier molecular flexibility index (Phi) is 3.95. The summed E-state index contributed by atoms with van der Waals surface area (Å²) in [5, 5.41) is 8.85. The lowest BCUT2D eigenvalue weighted by Gasteiger charge is -2.07. The number of aromatic carboxylic acids is 1. The molecule has 1 aromatic heterocycles. The maximum Gasteiger partial charge on any atom is 0.337 e. The summed E-state index contributed by atoms with van der Waals surface area (Å²) in [4.78, 5) is 25.6. The summed E-state index contributed by atoms with van der Waals surface area (Å²) in [6.07, 6.45) is 2.66. The molecule has 0 aliphatic carbocycles. The second kappa shape index (κ2) is 5.83. The highest BCUT2D eigenvalue weighted by molar-refractivity contribution is 5.92. The van der Waals surface area contributed by atoms with Crippen LogP contribution in [0, 0.1) is 0 Å². The quantitative estimate of drug-likeness (QED) is 0.857. The first-order valence-electron chi connectivity index (χ1n) is 5.76. The predicted octanol–water partition coefficient (Wildman–Crippen LogP) is 1.46. The van der Waals surface area contributed by atoms with Gasteiger partial charge in [0.1, 0.15) is 12.4 Å². The molecule has 0 unspecified atom stereocenters. The molecular formula is C14H12N2O4. The number of nitrogens with zero attached hydrogens (tertiary/aromatic N) is 1. The van der Waals surface area contributed by atoms with Crippen LogP contribution in [0.2, 0.25) is 0 Å². The van der Waals surface area contributed by atoms with Crippen LogP contribution in [0.25, 0.3) is 0 Å². The summed E-state index contributed by atoms with van der Waals surface area (Å²) >= 11 is 0. The van der Waals surface area contributed by atoms with Crippen LogP contribution in [0.15, 0.2) is 42.7 Å². The van der Waals surface area contributed by atoms with Gasteiger partial charge in [0.25, 0.3) is 0 Å². The fraction of sp³-hybridized carbons (Fsp3) is 0.0714. The van der Waals surface area contributed by atoms with Gasteiger partial charge in [-0.3, -0.25) is 9.78 Å². The molecule has 2 rings (SSSR count). The van der Waals surface area contributed by atoms with E-state index >= 15 is 0 Å². The maximum absolute atomic E-state index is 11.1. The van der Waals surface area contributed by atoms with E-state index in [1.165, 1.54) is 18.5 Å². The molecule has 0 bridgehead atoms. The number of amides is 1. The number of carbonyl (C=O) groups excluding carboxylic acids is 1. The van der Waals surface area contributed by atoms with Crippen LogP contribution < -0.4 is 10.5 Å². The number of carbonyl (C=O) groups is 2. The first-order valence-corrected chi connectivity index (χ1v) is 5.76. The van der Waals surface area contributed by atoms with Crippen molar-refractivity contribution in [3.8, 4) is 5.75 Å². The van der Waals surface area contributed by atoms with Gasteiger partial charge in [0.05, 0.1) is 11.8 Å². The van der Waals surface area contributed by atoms with Gasteiger partial charge >= 0.3 is 5.97 Å². The van der Waals surface area contributed by atoms with E-state index < -0.39 is 11.9 Å². The van der Waals surface area contributed by atoms with Crippen molar-refractivity contribution >= 4 is 11.9 Å². The third-order valence-corrected chi connectivity index (χ3v) is 2.58. The van der Waals surface area contributed by atoms with E-state index in [1.807, 2.05) is 0 Å². The van der Waals surface area contributed by atoms with Gasteiger partial charge in [-0.15, -0.1) is 0 Å². The normalized spacial score (nSPS) is 10.0. The molecule has 0 atom stereocenters. The molecule has 6 nitrogen and oxygen atoms in total. The second-order valence-electron chi connectivity index (χ2n) is 4.07. The van der Waals surface area contributed by atoms with Crippen molar-refractivity contribution < 1.29 is 19.4 Å². The van der Waals surface area contributed by atoms with Crippen LogP contribution in [-0.2, 0) is 6.61 Å². The zero-order chi connectivity index (χ0) is 14.5. The van der Waals surface area contributed by atoms with Gasteiger partial charge in [-0.2, -0.15) is 0 Å². The fourth-order valence-electron chi connectivity index (χ4n) is 1.60. The number of aromatic nitrogens is 1. The SMILES string of the molecule is NC(=O)c1cccc(COc2cncc(C(=O)O)c2)c1. The van der Waals surface area contributed by atoms with Crippen molar-refractivity contribution in [1.82, 2.24) is 4.98 Å². The lowest BCUT2D eigenvalue weighted by atomic mass is 10.1. The third-order valence-electron chi connectivity index (χ3n) is 2.58.